The van der Waals surface area contributed by atoms with Gasteiger partial charge in [-0.15, -0.1) is 21.5 Å². The molecule has 1 aromatic carbocycles. The maximum absolute atomic E-state index is 4.37. The van der Waals surface area contributed by atoms with E-state index in [-0.39, 0.29) is 0 Å². The van der Waals surface area contributed by atoms with E-state index in [0.29, 0.717) is 11.8 Å². The molecule has 19 heavy (non-hydrogen) atoms. The molecule has 1 N–H and O–H groups in total. The van der Waals surface area contributed by atoms with Gasteiger partial charge in [0.2, 0.25) is 0 Å². The molecule has 2 atom stereocenters. The molecule has 1 aromatic heterocycles. The van der Waals surface area contributed by atoms with Crippen LogP contribution in [0.15, 0.2) is 30.3 Å². The molecule has 4 heteroatoms. The van der Waals surface area contributed by atoms with E-state index in [4.69, 9.17) is 0 Å². The fourth-order valence-corrected chi connectivity index (χ4v) is 3.45. The molecule has 2 aromatic rings. The monoisotopic (exact) mass is 273 g/mol. The van der Waals surface area contributed by atoms with E-state index in [9.17, 15) is 0 Å². The molecule has 0 bridgehead atoms. The summed E-state index contributed by atoms with van der Waals surface area (Å²) in [4.78, 5) is 0. The number of nitrogens with one attached hydrogen (secondary N) is 1. The van der Waals surface area contributed by atoms with Crippen molar-refractivity contribution in [3.63, 3.8) is 0 Å². The Hall–Kier alpha value is -1.26. The molecule has 2 unspecified atom stereocenters. The molecule has 1 saturated carbocycles. The number of hydrogen-bond acceptors (Lipinski definition) is 4. The van der Waals surface area contributed by atoms with Gasteiger partial charge in [0.15, 0.2) is 0 Å². The zero-order chi connectivity index (χ0) is 13.1. The van der Waals surface area contributed by atoms with Crippen molar-refractivity contribution in [1.82, 2.24) is 15.5 Å². The van der Waals surface area contributed by atoms with Gasteiger partial charge in [-0.05, 0) is 24.4 Å². The minimum atomic E-state index is 0.604. The average Bonchev–Trinajstić information content (AvgIpc) is 3.12. The Kier molecular flexibility index (Phi) is 3.89. The molecule has 1 aliphatic rings. The number of hydrogen-bond donors (Lipinski definition) is 1. The third kappa shape index (κ3) is 3.01. The highest BCUT2D eigenvalue weighted by Crippen LogP contribution is 2.55. The second kappa shape index (κ2) is 5.80. The lowest BCUT2D eigenvalue weighted by molar-refractivity contribution is 0.710. The van der Waals surface area contributed by atoms with Crippen molar-refractivity contribution in [3.8, 4) is 0 Å². The van der Waals surface area contributed by atoms with Crippen LogP contribution in [-0.4, -0.2) is 23.3 Å². The summed E-state index contributed by atoms with van der Waals surface area (Å²) in [7, 11) is 0. The van der Waals surface area contributed by atoms with E-state index in [1.165, 1.54) is 17.0 Å². The summed E-state index contributed by atoms with van der Waals surface area (Å²) >= 11 is 1.79. The molecule has 0 aliphatic heterocycles. The zero-order valence-corrected chi connectivity index (χ0v) is 12.0. The highest BCUT2D eigenvalue weighted by atomic mass is 32.1. The normalized spacial score (nSPS) is 21.5. The van der Waals surface area contributed by atoms with Crippen LogP contribution in [0, 0.1) is 0 Å². The van der Waals surface area contributed by atoms with Crippen molar-refractivity contribution >= 4 is 11.3 Å². The third-order valence-corrected chi connectivity index (χ3v) is 4.70. The molecule has 3 nitrogen and oxygen atoms in total. The predicted molar refractivity (Wildman–Crippen MR) is 78.7 cm³/mol. The summed E-state index contributed by atoms with van der Waals surface area (Å²) in [6.07, 6.45) is 2.22. The predicted octanol–water partition coefficient (Wildman–Crippen LogP) is 2.96. The van der Waals surface area contributed by atoms with Crippen LogP contribution in [0.3, 0.4) is 0 Å². The Balaban J connectivity index is 1.59. The first-order valence-electron chi connectivity index (χ1n) is 6.96. The van der Waals surface area contributed by atoms with Crippen LogP contribution in [-0.2, 0) is 6.42 Å². The summed E-state index contributed by atoms with van der Waals surface area (Å²) < 4.78 is 0. The average molecular weight is 273 g/mol. The molecule has 1 fully saturated rings. The lowest BCUT2D eigenvalue weighted by atomic mass is 10.1. The van der Waals surface area contributed by atoms with Crippen molar-refractivity contribution in [2.75, 3.05) is 13.1 Å². The first-order chi connectivity index (χ1) is 9.38. The van der Waals surface area contributed by atoms with E-state index in [1.807, 2.05) is 0 Å². The molecule has 100 valence electrons. The van der Waals surface area contributed by atoms with Crippen LogP contribution in [0.25, 0.3) is 0 Å². The molecule has 0 radical (unpaired) electrons. The van der Waals surface area contributed by atoms with Gasteiger partial charge in [-0.3, -0.25) is 0 Å². The Bertz CT molecular complexity index is 523. The van der Waals surface area contributed by atoms with Gasteiger partial charge in [0.1, 0.15) is 10.0 Å². The number of nitrogens with zero attached hydrogens (tertiary/aromatic N) is 2. The number of rotatable bonds is 6. The van der Waals surface area contributed by atoms with Crippen molar-refractivity contribution < 1.29 is 0 Å². The van der Waals surface area contributed by atoms with E-state index < -0.39 is 0 Å². The van der Waals surface area contributed by atoms with E-state index >= 15 is 0 Å². The van der Waals surface area contributed by atoms with Crippen LogP contribution in [0.5, 0.6) is 0 Å². The summed E-state index contributed by atoms with van der Waals surface area (Å²) in [5, 5.41) is 14.4. The summed E-state index contributed by atoms with van der Waals surface area (Å²) in [5.41, 5.74) is 1.44. The van der Waals surface area contributed by atoms with Crippen LogP contribution in [0.1, 0.15) is 40.8 Å². The molecular weight excluding hydrogens is 254 g/mol. The highest BCUT2D eigenvalue weighted by Gasteiger charge is 2.41. The smallest absolute Gasteiger partial charge is 0.121 e. The SMILES string of the molecule is CCNCCc1nnc(C2CC2c2ccccc2)s1. The fourth-order valence-electron chi connectivity index (χ4n) is 2.43. The van der Waals surface area contributed by atoms with Crippen LogP contribution < -0.4 is 5.32 Å². The van der Waals surface area contributed by atoms with Crippen LogP contribution >= 0.6 is 11.3 Å². The Morgan fingerprint density at radius 1 is 1.21 bits per heavy atom. The van der Waals surface area contributed by atoms with E-state index in [0.717, 1.165) is 24.5 Å². The minimum Gasteiger partial charge on any atom is -0.317 e. The van der Waals surface area contributed by atoms with Gasteiger partial charge in [-0.25, -0.2) is 0 Å². The Morgan fingerprint density at radius 2 is 2.05 bits per heavy atom. The summed E-state index contributed by atoms with van der Waals surface area (Å²) in [6.45, 7) is 4.14. The third-order valence-electron chi connectivity index (χ3n) is 3.58. The first-order valence-corrected chi connectivity index (χ1v) is 7.78. The second-order valence-electron chi connectivity index (χ2n) is 5.00. The molecular formula is C15H19N3S. The zero-order valence-electron chi connectivity index (χ0n) is 11.2. The number of aromatic nitrogens is 2. The minimum absolute atomic E-state index is 0.604. The fraction of sp³-hybridized carbons (Fsp3) is 0.467. The van der Waals surface area contributed by atoms with Crippen molar-refractivity contribution in [3.05, 3.63) is 45.9 Å². The molecule has 0 amide bonds. The maximum Gasteiger partial charge on any atom is 0.121 e. The highest BCUT2D eigenvalue weighted by molar-refractivity contribution is 7.11. The summed E-state index contributed by atoms with van der Waals surface area (Å²) in [5.74, 6) is 1.27. The Morgan fingerprint density at radius 3 is 2.84 bits per heavy atom. The van der Waals surface area contributed by atoms with Gasteiger partial charge >= 0.3 is 0 Å². The van der Waals surface area contributed by atoms with Gasteiger partial charge in [-0.1, -0.05) is 37.3 Å². The molecule has 0 saturated heterocycles. The van der Waals surface area contributed by atoms with E-state index in [2.05, 4.69) is 52.8 Å². The van der Waals surface area contributed by atoms with Crippen LogP contribution in [0.4, 0.5) is 0 Å². The topological polar surface area (TPSA) is 37.8 Å². The lowest BCUT2D eigenvalue weighted by Gasteiger charge is -1.97. The molecule has 1 aliphatic carbocycles. The lowest BCUT2D eigenvalue weighted by Crippen LogP contribution is -2.15. The van der Waals surface area contributed by atoms with Gasteiger partial charge in [-0.2, -0.15) is 0 Å². The molecule has 1 heterocycles. The molecule has 3 rings (SSSR count). The van der Waals surface area contributed by atoms with Crippen molar-refractivity contribution in [2.45, 2.75) is 31.6 Å². The first kappa shape index (κ1) is 12.8. The van der Waals surface area contributed by atoms with Gasteiger partial charge in [0, 0.05) is 18.9 Å². The Labute approximate surface area is 118 Å². The van der Waals surface area contributed by atoms with Crippen molar-refractivity contribution in [1.29, 1.82) is 0 Å². The second-order valence-corrected chi connectivity index (χ2v) is 6.09. The standard InChI is InChI=1S/C15H19N3S/c1-2-16-9-8-14-17-18-15(19-14)13-10-12(13)11-6-4-3-5-7-11/h3-7,12-13,16H,2,8-10H2,1H3. The molecule has 0 spiro atoms. The van der Waals surface area contributed by atoms with Crippen molar-refractivity contribution in [2.24, 2.45) is 0 Å². The van der Waals surface area contributed by atoms with Crippen LogP contribution in [0.2, 0.25) is 0 Å². The quantitative estimate of drug-likeness (QED) is 0.822. The summed E-state index contributed by atoms with van der Waals surface area (Å²) in [6, 6.07) is 10.7. The van der Waals surface area contributed by atoms with Gasteiger partial charge in [0.05, 0.1) is 0 Å². The number of benzene rings is 1. The van der Waals surface area contributed by atoms with Gasteiger partial charge < -0.3 is 5.32 Å². The van der Waals surface area contributed by atoms with Gasteiger partial charge in [0.25, 0.3) is 0 Å². The largest absolute Gasteiger partial charge is 0.317 e. The maximum atomic E-state index is 4.37. The van der Waals surface area contributed by atoms with E-state index in [1.54, 1.807) is 11.3 Å². The number of likely N-dealkylation sites (N-methyl/N-ethyl adjacent to an activating group) is 1.